The fourth-order valence-electron chi connectivity index (χ4n) is 3.87. The van der Waals surface area contributed by atoms with Gasteiger partial charge in [-0.15, -0.1) is 0 Å². The molecule has 15 heteroatoms. The first-order chi connectivity index (χ1) is 18.8. The number of aliphatic carboxylic acids is 1. The minimum absolute atomic E-state index is 0.00149. The van der Waals surface area contributed by atoms with Crippen molar-refractivity contribution in [3.8, 4) is 11.5 Å². The lowest BCUT2D eigenvalue weighted by molar-refractivity contribution is -0.138. The Labute approximate surface area is 230 Å². The molecule has 1 heterocycles. The van der Waals surface area contributed by atoms with Crippen LogP contribution in [0.4, 0.5) is 8.78 Å². The third-order valence-electron chi connectivity index (χ3n) is 5.87. The molecule has 216 valence electrons. The Kier molecular flexibility index (Phi) is 10.3. The molecule has 1 fully saturated rings. The maximum atomic E-state index is 14.6. The molecule has 0 aliphatic carbocycles. The van der Waals surface area contributed by atoms with E-state index in [9.17, 15) is 26.8 Å². The number of amides is 1. The summed E-state index contributed by atoms with van der Waals surface area (Å²) < 4.78 is 62.3. The van der Waals surface area contributed by atoms with Gasteiger partial charge in [-0.1, -0.05) is 0 Å². The first-order valence-corrected chi connectivity index (χ1v) is 13.6. The number of rotatable bonds is 11. The first-order valence-electron chi connectivity index (χ1n) is 12.1. The SMILES string of the molecule is CC(=Cc1cc(F)c(Oc2ccc(S(=O)(=O)NCCN3CCN(CC(=O)O)CC3)cc2)c(F)c1)C(=O)N=C(N)N. The summed E-state index contributed by atoms with van der Waals surface area (Å²) in [4.78, 5) is 29.7. The highest BCUT2D eigenvalue weighted by Crippen LogP contribution is 2.30. The van der Waals surface area contributed by atoms with Crippen LogP contribution in [0.15, 0.2) is 51.9 Å². The highest BCUT2D eigenvalue weighted by Gasteiger charge is 2.20. The van der Waals surface area contributed by atoms with Crippen molar-refractivity contribution in [1.82, 2.24) is 14.5 Å². The molecule has 0 spiro atoms. The van der Waals surface area contributed by atoms with Crippen LogP contribution in [0.25, 0.3) is 6.08 Å². The Morgan fingerprint density at radius 1 is 1.07 bits per heavy atom. The van der Waals surface area contributed by atoms with Crippen LogP contribution in [0.3, 0.4) is 0 Å². The monoisotopic (exact) mass is 580 g/mol. The van der Waals surface area contributed by atoms with Crippen LogP contribution in [-0.4, -0.2) is 87.0 Å². The first kappa shape index (κ1) is 30.6. The van der Waals surface area contributed by atoms with Crippen LogP contribution in [0.1, 0.15) is 12.5 Å². The van der Waals surface area contributed by atoms with Crippen LogP contribution >= 0.6 is 0 Å². The van der Waals surface area contributed by atoms with E-state index in [0.717, 1.165) is 12.1 Å². The van der Waals surface area contributed by atoms with Crippen molar-refractivity contribution in [2.45, 2.75) is 11.8 Å². The predicted octanol–water partition coefficient (Wildman–Crippen LogP) is 0.941. The van der Waals surface area contributed by atoms with Gasteiger partial charge >= 0.3 is 5.97 Å². The number of halogens is 2. The predicted molar refractivity (Wildman–Crippen MR) is 143 cm³/mol. The number of benzene rings is 2. The molecule has 0 aromatic heterocycles. The maximum Gasteiger partial charge on any atom is 0.317 e. The van der Waals surface area contributed by atoms with Gasteiger partial charge in [0.25, 0.3) is 5.91 Å². The summed E-state index contributed by atoms with van der Waals surface area (Å²) >= 11 is 0. The number of ether oxygens (including phenoxy) is 1. The van der Waals surface area contributed by atoms with E-state index >= 15 is 0 Å². The number of guanidine groups is 1. The molecule has 40 heavy (non-hydrogen) atoms. The third-order valence-corrected chi connectivity index (χ3v) is 7.35. The number of piperazine rings is 1. The largest absolute Gasteiger partial charge is 0.480 e. The second-order valence-electron chi connectivity index (χ2n) is 8.97. The molecule has 1 saturated heterocycles. The lowest BCUT2D eigenvalue weighted by Crippen LogP contribution is -2.49. The van der Waals surface area contributed by atoms with Gasteiger partial charge in [0.15, 0.2) is 23.3 Å². The zero-order valence-electron chi connectivity index (χ0n) is 21.6. The number of hydrogen-bond donors (Lipinski definition) is 4. The van der Waals surface area contributed by atoms with Gasteiger partial charge < -0.3 is 21.3 Å². The average Bonchev–Trinajstić information content (AvgIpc) is 2.87. The van der Waals surface area contributed by atoms with Gasteiger partial charge in [-0.3, -0.25) is 19.4 Å². The average molecular weight is 581 g/mol. The Morgan fingerprint density at radius 3 is 2.20 bits per heavy atom. The molecule has 2 aromatic carbocycles. The van der Waals surface area contributed by atoms with Crippen LogP contribution in [0.2, 0.25) is 0 Å². The molecule has 1 aliphatic rings. The summed E-state index contributed by atoms with van der Waals surface area (Å²) in [5, 5.41) is 8.86. The molecule has 2 aromatic rings. The lowest BCUT2D eigenvalue weighted by atomic mass is 10.1. The van der Waals surface area contributed by atoms with Crippen molar-refractivity contribution in [3.63, 3.8) is 0 Å². The van der Waals surface area contributed by atoms with Gasteiger partial charge in [-0.05, 0) is 55.0 Å². The summed E-state index contributed by atoms with van der Waals surface area (Å²) in [6.45, 7) is 4.37. The lowest BCUT2D eigenvalue weighted by Gasteiger charge is -2.33. The smallest absolute Gasteiger partial charge is 0.317 e. The molecule has 0 radical (unpaired) electrons. The second-order valence-corrected chi connectivity index (χ2v) is 10.7. The Morgan fingerprint density at radius 2 is 1.65 bits per heavy atom. The number of carbonyl (C=O) groups is 2. The number of carboxylic acids is 1. The summed E-state index contributed by atoms with van der Waals surface area (Å²) in [6.07, 6.45) is 1.21. The summed E-state index contributed by atoms with van der Waals surface area (Å²) in [5.41, 5.74) is 10.4. The summed E-state index contributed by atoms with van der Waals surface area (Å²) in [7, 11) is -3.85. The molecule has 12 nitrogen and oxygen atoms in total. The van der Waals surface area contributed by atoms with E-state index in [4.69, 9.17) is 21.3 Å². The van der Waals surface area contributed by atoms with Crippen molar-refractivity contribution >= 4 is 33.9 Å². The van der Waals surface area contributed by atoms with Crippen molar-refractivity contribution in [2.24, 2.45) is 16.5 Å². The molecule has 0 atom stereocenters. The van der Waals surface area contributed by atoms with Gasteiger partial charge in [0.2, 0.25) is 10.0 Å². The Hall–Kier alpha value is -3.92. The number of sulfonamides is 1. The molecule has 0 saturated carbocycles. The van der Waals surface area contributed by atoms with E-state index in [2.05, 4.69) is 9.71 Å². The highest BCUT2D eigenvalue weighted by molar-refractivity contribution is 7.89. The van der Waals surface area contributed by atoms with Gasteiger partial charge in [0, 0.05) is 44.8 Å². The second kappa shape index (κ2) is 13.4. The summed E-state index contributed by atoms with van der Waals surface area (Å²) in [6, 6.07) is 6.93. The Bertz CT molecular complexity index is 1380. The molecule has 3 rings (SSSR count). The van der Waals surface area contributed by atoms with Crippen molar-refractivity contribution in [3.05, 3.63) is 59.2 Å². The quantitative estimate of drug-likeness (QED) is 0.170. The van der Waals surface area contributed by atoms with E-state index in [1.54, 1.807) is 0 Å². The van der Waals surface area contributed by atoms with Crippen molar-refractivity contribution < 1.29 is 36.6 Å². The topological polar surface area (TPSA) is 181 Å². The molecule has 1 aliphatic heterocycles. The van der Waals surface area contributed by atoms with Crippen LogP contribution in [0, 0.1) is 11.6 Å². The van der Waals surface area contributed by atoms with Gasteiger partial charge in [0.1, 0.15) is 5.75 Å². The maximum absolute atomic E-state index is 14.6. The standard InChI is InChI=1S/C25H30F2N6O6S/c1-16(24(36)31-25(28)29)12-17-13-20(26)23(21(27)14-17)39-18-2-4-19(5-3-18)40(37,38)30-6-7-32-8-10-33(11-9-32)15-22(34)35/h2-5,12-14,30H,6-11,15H2,1H3,(H,34,35)(H4,28,29,31,36). The van der Waals surface area contributed by atoms with Crippen LogP contribution in [-0.2, 0) is 19.6 Å². The number of nitrogens with two attached hydrogens (primary N) is 2. The van der Waals surface area contributed by atoms with Gasteiger partial charge in [0.05, 0.1) is 11.4 Å². The van der Waals surface area contributed by atoms with E-state index in [-0.39, 0.29) is 34.9 Å². The zero-order valence-corrected chi connectivity index (χ0v) is 22.5. The van der Waals surface area contributed by atoms with Crippen LogP contribution < -0.4 is 20.9 Å². The number of nitrogens with one attached hydrogen (secondary N) is 1. The number of hydrogen-bond acceptors (Lipinski definition) is 7. The fraction of sp³-hybridized carbons (Fsp3) is 0.320. The summed E-state index contributed by atoms with van der Waals surface area (Å²) in [5.74, 6) is -4.89. The molecular weight excluding hydrogens is 550 g/mol. The molecular formula is C25H30F2N6O6S. The van der Waals surface area contributed by atoms with Gasteiger partial charge in [-0.25, -0.2) is 21.9 Å². The van der Waals surface area contributed by atoms with Crippen molar-refractivity contribution in [2.75, 3.05) is 45.8 Å². The van der Waals surface area contributed by atoms with Crippen molar-refractivity contribution in [1.29, 1.82) is 0 Å². The van der Waals surface area contributed by atoms with E-state index in [1.165, 1.54) is 37.3 Å². The molecule has 0 bridgehead atoms. The fourth-order valence-corrected chi connectivity index (χ4v) is 4.89. The molecule has 6 N–H and O–H groups in total. The molecule has 1 amide bonds. The number of carbonyl (C=O) groups excluding carboxylic acids is 1. The van der Waals surface area contributed by atoms with Crippen LogP contribution in [0.5, 0.6) is 11.5 Å². The van der Waals surface area contributed by atoms with E-state index in [1.807, 2.05) is 9.80 Å². The minimum Gasteiger partial charge on any atom is -0.480 e. The van der Waals surface area contributed by atoms with E-state index < -0.39 is 45.2 Å². The van der Waals surface area contributed by atoms with E-state index in [0.29, 0.717) is 32.7 Å². The third kappa shape index (κ3) is 8.81. The normalized spacial score (nSPS) is 15.0. The number of nitrogens with zero attached hydrogens (tertiary/aromatic N) is 3. The molecule has 0 unspecified atom stereocenters. The van der Waals surface area contributed by atoms with Gasteiger partial charge in [-0.2, -0.15) is 4.99 Å². The number of carboxylic acid groups (broad SMARTS) is 1. The zero-order chi connectivity index (χ0) is 29.4. The highest BCUT2D eigenvalue weighted by atomic mass is 32.2. The Balaban J connectivity index is 1.58. The minimum atomic E-state index is -3.85. The number of aliphatic imine (C=N–C) groups is 1.